The maximum absolute atomic E-state index is 12.4. The van der Waals surface area contributed by atoms with Gasteiger partial charge in [0.2, 0.25) is 0 Å². The number of hydrogen-bond donors (Lipinski definition) is 28. The van der Waals surface area contributed by atoms with Gasteiger partial charge in [-0.25, -0.2) is 9.98 Å². The Morgan fingerprint density at radius 2 is 0.824 bits per heavy atom. The summed E-state index contributed by atoms with van der Waals surface area (Å²) in [6.07, 6.45) is -35.3. The summed E-state index contributed by atoms with van der Waals surface area (Å²) in [7, 11) is 2.79. The van der Waals surface area contributed by atoms with Crippen molar-refractivity contribution in [2.75, 3.05) is 40.4 Å². The van der Waals surface area contributed by atoms with Crippen molar-refractivity contribution >= 4 is 48.7 Å². The number of halogens is 1. The lowest BCUT2D eigenvalue weighted by molar-refractivity contribution is -0.313. The zero-order chi connectivity index (χ0) is 62.4. The second kappa shape index (κ2) is 30.0. The third kappa shape index (κ3) is 15.3. The third-order valence-corrected chi connectivity index (χ3v) is 15.5. The van der Waals surface area contributed by atoms with Gasteiger partial charge in [0.05, 0.1) is 75.1 Å². The summed E-state index contributed by atoms with van der Waals surface area (Å²) in [5, 5.41) is 190. The minimum atomic E-state index is -2.36. The molecule has 6 rings (SSSR count). The van der Waals surface area contributed by atoms with Crippen LogP contribution in [0.3, 0.4) is 0 Å². The van der Waals surface area contributed by atoms with Gasteiger partial charge in [-0.2, -0.15) is 10.2 Å². The van der Waals surface area contributed by atoms with E-state index in [0.717, 1.165) is 12.4 Å². The van der Waals surface area contributed by atoms with E-state index in [1.54, 1.807) is 0 Å². The van der Waals surface area contributed by atoms with Crippen molar-refractivity contribution < 1.29 is 109 Å². The minimum absolute atomic E-state index is 0. The van der Waals surface area contributed by atoms with E-state index in [0.29, 0.717) is 0 Å². The first-order valence-corrected chi connectivity index (χ1v) is 26.5. The van der Waals surface area contributed by atoms with Gasteiger partial charge in [0.1, 0.15) is 110 Å². The Labute approximate surface area is 491 Å². The van der Waals surface area contributed by atoms with Gasteiger partial charge in [0.15, 0.2) is 60.2 Å². The predicted molar refractivity (Wildman–Crippen MR) is 292 cm³/mol. The number of aliphatic hydroxyl groups excluding tert-OH is 12. The van der Waals surface area contributed by atoms with Gasteiger partial charge < -0.3 is 176 Å². The Kier molecular flexibility index (Phi) is 25.1. The second-order valence-corrected chi connectivity index (χ2v) is 21.0. The lowest BCUT2D eigenvalue weighted by Crippen LogP contribution is -2.70. The highest BCUT2D eigenvalue weighted by Gasteiger charge is 2.63. The summed E-state index contributed by atoms with van der Waals surface area (Å²) in [6, 6.07) is -8.71. The van der Waals surface area contributed by atoms with Crippen LogP contribution in [0.15, 0.2) is 20.2 Å². The van der Waals surface area contributed by atoms with Crippen LogP contribution in [-0.2, 0) is 37.9 Å². The van der Waals surface area contributed by atoms with E-state index in [9.17, 15) is 71.5 Å². The number of ether oxygens (including phenoxy) is 8. The Morgan fingerprint density at radius 3 is 1.12 bits per heavy atom. The normalized spacial score (nSPS) is 45.6. The molecule has 6 aliphatic rings. The first-order valence-electron chi connectivity index (χ1n) is 26.5. The van der Waals surface area contributed by atoms with Crippen molar-refractivity contribution in [3.63, 3.8) is 0 Å². The van der Waals surface area contributed by atoms with Crippen molar-refractivity contribution in [3.8, 4) is 0 Å². The fourth-order valence-corrected chi connectivity index (χ4v) is 10.8. The number of aliphatic imine (C=N–C) groups is 2. The van der Waals surface area contributed by atoms with E-state index in [-0.39, 0.29) is 25.5 Å². The smallest absolute Gasteiger partial charge is 0.188 e. The first-order chi connectivity index (χ1) is 39.5. The van der Waals surface area contributed by atoms with E-state index in [4.69, 9.17) is 83.1 Å². The molecule has 0 amide bonds. The number of nitrogens with two attached hydrogens (primary N) is 6. The van der Waals surface area contributed by atoms with Gasteiger partial charge >= 0.3 is 0 Å². The van der Waals surface area contributed by atoms with Gasteiger partial charge in [-0.3, -0.25) is 10.8 Å². The Hall–Kier alpha value is -4.65. The average molecular weight is 1250 g/mol. The highest BCUT2D eigenvalue weighted by molar-refractivity contribution is 5.85. The molecule has 0 bridgehead atoms. The Morgan fingerprint density at radius 1 is 0.494 bits per heavy atom. The van der Waals surface area contributed by atoms with Crippen LogP contribution in [0.4, 0.5) is 0 Å². The Balaban J connectivity index is 0.0000132. The van der Waals surface area contributed by atoms with E-state index < -0.39 is 220 Å². The summed E-state index contributed by atoms with van der Waals surface area (Å²) < 4.78 is 48.5. The molecule has 41 heteroatoms. The number of hydrazone groups is 2. The molecule has 2 aliphatic carbocycles. The zero-order valence-corrected chi connectivity index (χ0v) is 47.2. The number of aliphatic hydroxyl groups is 14. The van der Waals surface area contributed by atoms with Crippen molar-refractivity contribution in [3.05, 3.63) is 0 Å². The summed E-state index contributed by atoms with van der Waals surface area (Å²) in [5.41, 5.74) is 34.3. The van der Waals surface area contributed by atoms with Crippen molar-refractivity contribution in [2.45, 2.75) is 196 Å². The summed E-state index contributed by atoms with van der Waals surface area (Å²) >= 11 is 0. The van der Waals surface area contributed by atoms with Crippen LogP contribution >= 0.6 is 12.4 Å². The molecule has 0 spiro atoms. The molecule has 85 heavy (non-hydrogen) atoms. The molecule has 0 radical (unpaired) electrons. The van der Waals surface area contributed by atoms with Crippen LogP contribution in [0.1, 0.15) is 13.8 Å². The van der Waals surface area contributed by atoms with Crippen LogP contribution in [0, 0.1) is 10.8 Å². The largest absolute Gasteiger partial charge is 0.394 e. The molecule has 2 saturated carbocycles. The molecule has 0 aromatic carbocycles. The van der Waals surface area contributed by atoms with Crippen molar-refractivity contribution in [2.24, 2.45) is 54.6 Å². The second-order valence-electron chi connectivity index (χ2n) is 21.0. The molecule has 40 nitrogen and oxygen atoms in total. The van der Waals surface area contributed by atoms with E-state index >= 15 is 0 Å². The fraction of sp³-hybridized carbons (Fsp3) is 0.864. The lowest BCUT2D eigenvalue weighted by atomic mass is 9.81. The summed E-state index contributed by atoms with van der Waals surface area (Å²) in [4.78, 5) is 7.99. The van der Waals surface area contributed by atoms with Gasteiger partial charge in [0, 0.05) is 0 Å². The quantitative estimate of drug-likeness (QED) is 0.0195. The number of nitrogens with zero attached hydrogens (tertiary/aromatic N) is 4. The summed E-state index contributed by atoms with van der Waals surface area (Å²) in [6.45, 7) is 0.916. The zero-order valence-electron chi connectivity index (χ0n) is 46.3. The average Bonchev–Trinajstić information content (AvgIpc) is 2.22. The molecule has 490 valence electrons. The van der Waals surface area contributed by atoms with E-state index in [2.05, 4.69) is 52.3 Å². The molecule has 4 aliphatic heterocycles. The van der Waals surface area contributed by atoms with Gasteiger partial charge in [-0.1, -0.05) is 0 Å². The molecule has 4 heterocycles. The van der Waals surface area contributed by atoms with Crippen LogP contribution in [0.2, 0.25) is 0 Å². The highest BCUT2D eigenvalue weighted by Crippen LogP contribution is 2.41. The molecular weight excluding hydrogens is 1170 g/mol. The van der Waals surface area contributed by atoms with Crippen molar-refractivity contribution in [1.29, 1.82) is 10.8 Å². The maximum atomic E-state index is 12.4. The monoisotopic (exact) mass is 1250 g/mol. The predicted octanol–water partition coefficient (Wildman–Crippen LogP) is -15.7. The maximum Gasteiger partial charge on any atom is 0.188 e. The molecule has 6 fully saturated rings. The first kappa shape index (κ1) is 71.1. The van der Waals surface area contributed by atoms with Crippen LogP contribution in [0.5, 0.6) is 0 Å². The Bertz CT molecular complexity index is 2150. The lowest BCUT2D eigenvalue weighted by Gasteiger charge is -2.46. The molecule has 30 atom stereocenters. The van der Waals surface area contributed by atoms with Crippen LogP contribution < -0.4 is 66.5 Å². The number of hydrogen-bond acceptors (Lipinski definition) is 32. The number of nitrogens with one attached hydrogen (secondary N) is 8. The fourth-order valence-electron chi connectivity index (χ4n) is 10.8. The van der Waals surface area contributed by atoms with Crippen LogP contribution in [0.25, 0.3) is 0 Å². The topological polar surface area (TPSA) is 683 Å². The number of likely N-dealkylation sites (N-methyl/N-ethyl adjacent to an activating group) is 2. The third-order valence-electron chi connectivity index (χ3n) is 15.5. The molecule has 30 unspecified atom stereocenters. The molecule has 0 aromatic rings. The highest BCUT2D eigenvalue weighted by atomic mass is 35.5. The van der Waals surface area contributed by atoms with Gasteiger partial charge in [-0.15, -0.1) is 12.4 Å². The molecular formula is C44H85ClN18O22. The van der Waals surface area contributed by atoms with E-state index in [1.807, 2.05) is 0 Å². The van der Waals surface area contributed by atoms with Crippen LogP contribution in [-0.4, -0.2) is 331 Å². The molecule has 4 saturated heterocycles. The van der Waals surface area contributed by atoms with Gasteiger partial charge in [-0.05, 0) is 27.9 Å². The van der Waals surface area contributed by atoms with Crippen molar-refractivity contribution in [1.82, 2.24) is 32.1 Å². The standard InChI is InChI=1S/C44H84N18O22.ClH/c1-11-43(75,33(83-35-19(53-3)27(71)21(65)13(7-63)79-35)37(77-11)81-31-17(61-41(49)50)23(67)15(59-39(45)46)25(69)29(31)73)9-57-55-5-6-56-58-10-44(76)12(2)78-38(34(44)84-36-20(54-4)28(72)22(66)14(8-64)80-36)82-32-18(62-42(51)52)24(68)16(60-40(47)48)26(70)30(32)74;/h9-38,53-56,63-76H,5-8H2,1-4H3,(H4,45,46,59)(H4,47,48,60)(H4,49,50,61)(H4,51,52,62);1H. The minimum Gasteiger partial charge on any atom is -0.394 e. The molecule has 34 N–H and O–H groups in total. The number of rotatable bonds is 23. The van der Waals surface area contributed by atoms with E-state index in [1.165, 1.54) is 27.9 Å². The molecule has 0 aromatic heterocycles. The SMILES string of the molecule is CNC1C(OC2C(OC3C(O)C(O)C(NC(=N)N)C(O)C3N=C(N)N)OC(C)C2(O)C=NNCCNN=CC2(O)C(C)OC(OC3C(O)C(O)C(NC(=N)N)C(O)C3N=C(N)N)C2OC2OC(CO)C(O)C(O)C2NC)OC(CO)C(O)C1O.Cl. The summed E-state index contributed by atoms with van der Waals surface area (Å²) in [5.74, 6) is -2.57. The number of guanidine groups is 4. The van der Waals surface area contributed by atoms with Gasteiger partial charge in [0.25, 0.3) is 0 Å².